The van der Waals surface area contributed by atoms with Gasteiger partial charge in [-0.2, -0.15) is 0 Å². The number of hydrogen-bond donors (Lipinski definition) is 1. The second-order valence-corrected chi connectivity index (χ2v) is 6.97. The molecule has 1 aliphatic heterocycles. The minimum atomic E-state index is 0.730. The summed E-state index contributed by atoms with van der Waals surface area (Å²) in [7, 11) is 2.07. The normalized spacial score (nSPS) is 19.1. The first-order valence-corrected chi connectivity index (χ1v) is 8.66. The highest BCUT2D eigenvalue weighted by molar-refractivity contribution is 7.99. The third-order valence-electron chi connectivity index (χ3n) is 4.01. The van der Waals surface area contributed by atoms with Gasteiger partial charge in [0.1, 0.15) is 0 Å². The van der Waals surface area contributed by atoms with Crippen LogP contribution in [0.5, 0.6) is 0 Å². The molecule has 1 aromatic rings. The summed E-state index contributed by atoms with van der Waals surface area (Å²) in [6.07, 6.45) is 10.2. The van der Waals surface area contributed by atoms with E-state index in [-0.39, 0.29) is 0 Å². The van der Waals surface area contributed by atoms with Gasteiger partial charge in [-0.25, -0.2) is 9.97 Å². The number of guanidine groups is 1. The van der Waals surface area contributed by atoms with E-state index >= 15 is 0 Å². The minimum Gasteiger partial charge on any atom is -0.356 e. The van der Waals surface area contributed by atoms with Crippen LogP contribution in [0.2, 0.25) is 0 Å². The summed E-state index contributed by atoms with van der Waals surface area (Å²) in [5.74, 6) is 1.00. The Morgan fingerprint density at radius 3 is 2.71 bits per heavy atom. The number of thioether (sulfide) groups is 1. The van der Waals surface area contributed by atoms with E-state index in [2.05, 4.69) is 32.2 Å². The van der Waals surface area contributed by atoms with E-state index < -0.39 is 0 Å². The molecule has 1 N–H and O–H groups in total. The van der Waals surface area contributed by atoms with Crippen molar-refractivity contribution >= 4 is 17.7 Å². The summed E-state index contributed by atoms with van der Waals surface area (Å²) in [6, 6.07) is 0. The molecule has 2 heterocycles. The lowest BCUT2D eigenvalue weighted by Gasteiger charge is -2.15. The highest BCUT2D eigenvalue weighted by Crippen LogP contribution is 2.32. The van der Waals surface area contributed by atoms with Crippen LogP contribution < -0.4 is 5.32 Å². The number of aromatic nitrogens is 2. The first-order chi connectivity index (χ1) is 10.3. The van der Waals surface area contributed by atoms with E-state index in [1.807, 2.05) is 24.2 Å². The molecule has 114 valence electrons. The van der Waals surface area contributed by atoms with Crippen LogP contribution in [0, 0.1) is 0 Å². The summed E-state index contributed by atoms with van der Waals surface area (Å²) in [5, 5.41) is 5.03. The first-order valence-electron chi connectivity index (χ1n) is 7.78. The van der Waals surface area contributed by atoms with Crippen LogP contribution in [0.1, 0.15) is 31.2 Å². The molecule has 0 amide bonds. The molecule has 2 aliphatic rings. The quantitative estimate of drug-likeness (QED) is 0.843. The zero-order chi connectivity index (χ0) is 14.5. The molecule has 21 heavy (non-hydrogen) atoms. The Hall–Kier alpha value is -1.30. The molecule has 1 fully saturated rings. The van der Waals surface area contributed by atoms with Gasteiger partial charge in [0.15, 0.2) is 11.1 Å². The number of likely N-dealkylation sites (N-methyl/N-ethyl adjacent to an activating group) is 1. The smallest absolute Gasteiger partial charge is 0.193 e. The standard InChI is InChI=1S/C15H23N5S/c1-20-9-8-17-14(20)16-7-6-12-10-18-15(19-11-12)21-13-4-2-3-5-13/h10-11,13H,2-9H2,1H3,(H,16,17). The maximum Gasteiger partial charge on any atom is 0.193 e. The van der Waals surface area contributed by atoms with Gasteiger partial charge in [-0.05, 0) is 24.8 Å². The molecular formula is C15H23N5S. The van der Waals surface area contributed by atoms with Crippen LogP contribution >= 0.6 is 11.8 Å². The van der Waals surface area contributed by atoms with Crippen molar-refractivity contribution in [2.45, 2.75) is 42.5 Å². The molecule has 0 unspecified atom stereocenters. The van der Waals surface area contributed by atoms with Gasteiger partial charge >= 0.3 is 0 Å². The summed E-state index contributed by atoms with van der Waals surface area (Å²) in [6.45, 7) is 2.79. The molecule has 0 saturated heterocycles. The van der Waals surface area contributed by atoms with Crippen molar-refractivity contribution in [3.63, 3.8) is 0 Å². The Labute approximate surface area is 130 Å². The predicted molar refractivity (Wildman–Crippen MR) is 86.8 cm³/mol. The van der Waals surface area contributed by atoms with E-state index in [9.17, 15) is 0 Å². The Balaban J connectivity index is 1.43. The Bertz CT molecular complexity index is 481. The van der Waals surface area contributed by atoms with E-state index in [1.165, 1.54) is 31.2 Å². The molecule has 0 spiro atoms. The van der Waals surface area contributed by atoms with Gasteiger partial charge in [-0.1, -0.05) is 24.6 Å². The summed E-state index contributed by atoms with van der Waals surface area (Å²) in [5.41, 5.74) is 1.18. The molecule has 3 rings (SSSR count). The molecule has 6 heteroatoms. The van der Waals surface area contributed by atoms with Crippen molar-refractivity contribution in [3.8, 4) is 0 Å². The van der Waals surface area contributed by atoms with E-state index in [4.69, 9.17) is 0 Å². The van der Waals surface area contributed by atoms with Crippen LogP contribution in [0.4, 0.5) is 0 Å². The largest absolute Gasteiger partial charge is 0.356 e. The number of rotatable bonds is 5. The highest BCUT2D eigenvalue weighted by atomic mass is 32.2. The molecule has 1 aromatic heterocycles. The van der Waals surface area contributed by atoms with E-state index in [0.717, 1.165) is 42.4 Å². The second kappa shape index (κ2) is 7.11. The maximum absolute atomic E-state index is 4.49. The van der Waals surface area contributed by atoms with Gasteiger partial charge in [0, 0.05) is 37.8 Å². The zero-order valence-corrected chi connectivity index (χ0v) is 13.4. The monoisotopic (exact) mass is 305 g/mol. The van der Waals surface area contributed by atoms with Gasteiger partial charge in [0.25, 0.3) is 0 Å². The summed E-state index contributed by atoms with van der Waals surface area (Å²) in [4.78, 5) is 15.5. The molecular weight excluding hydrogens is 282 g/mol. The third kappa shape index (κ3) is 4.09. The number of nitrogens with zero attached hydrogens (tertiary/aromatic N) is 4. The Morgan fingerprint density at radius 1 is 1.29 bits per heavy atom. The lowest BCUT2D eigenvalue weighted by Crippen LogP contribution is -2.36. The number of nitrogens with one attached hydrogen (secondary N) is 1. The van der Waals surface area contributed by atoms with Crippen molar-refractivity contribution < 1.29 is 0 Å². The van der Waals surface area contributed by atoms with Crippen molar-refractivity contribution in [2.75, 3.05) is 26.7 Å². The number of hydrogen-bond acceptors (Lipinski definition) is 6. The number of aliphatic imine (C=N–C) groups is 1. The van der Waals surface area contributed by atoms with Crippen molar-refractivity contribution in [1.82, 2.24) is 20.2 Å². The van der Waals surface area contributed by atoms with Crippen LogP contribution in [0.15, 0.2) is 22.5 Å². The SMILES string of the molecule is CN1CCN=C1NCCc1cnc(SC2CCCC2)nc1. The zero-order valence-electron chi connectivity index (χ0n) is 12.6. The van der Waals surface area contributed by atoms with Crippen LogP contribution in [0.3, 0.4) is 0 Å². The van der Waals surface area contributed by atoms with E-state index in [0.29, 0.717) is 0 Å². The van der Waals surface area contributed by atoms with Crippen LogP contribution in [0.25, 0.3) is 0 Å². The fourth-order valence-corrected chi connectivity index (χ4v) is 3.82. The molecule has 1 saturated carbocycles. The molecule has 1 aliphatic carbocycles. The molecule has 0 bridgehead atoms. The maximum atomic E-state index is 4.49. The summed E-state index contributed by atoms with van der Waals surface area (Å²) >= 11 is 1.84. The molecule has 0 aromatic carbocycles. The molecule has 0 radical (unpaired) electrons. The lowest BCUT2D eigenvalue weighted by molar-refractivity contribution is 0.534. The Kier molecular flexibility index (Phi) is 4.95. The van der Waals surface area contributed by atoms with Gasteiger partial charge in [0.2, 0.25) is 0 Å². The fraction of sp³-hybridized carbons (Fsp3) is 0.667. The van der Waals surface area contributed by atoms with Crippen molar-refractivity contribution in [3.05, 3.63) is 18.0 Å². The molecule has 0 atom stereocenters. The van der Waals surface area contributed by atoms with Gasteiger partial charge in [-0.15, -0.1) is 0 Å². The van der Waals surface area contributed by atoms with Gasteiger partial charge < -0.3 is 10.2 Å². The molecule has 5 nitrogen and oxygen atoms in total. The van der Waals surface area contributed by atoms with Crippen molar-refractivity contribution in [1.29, 1.82) is 0 Å². The van der Waals surface area contributed by atoms with Crippen LogP contribution in [-0.2, 0) is 6.42 Å². The average Bonchev–Trinajstić information content (AvgIpc) is 3.13. The second-order valence-electron chi connectivity index (χ2n) is 5.70. The van der Waals surface area contributed by atoms with E-state index in [1.54, 1.807) is 0 Å². The predicted octanol–water partition coefficient (Wildman–Crippen LogP) is 1.94. The first kappa shape index (κ1) is 14.6. The summed E-state index contributed by atoms with van der Waals surface area (Å²) < 4.78 is 0. The average molecular weight is 305 g/mol. The van der Waals surface area contributed by atoms with Crippen molar-refractivity contribution in [2.24, 2.45) is 4.99 Å². The Morgan fingerprint density at radius 2 is 2.05 bits per heavy atom. The topological polar surface area (TPSA) is 53.4 Å². The highest BCUT2D eigenvalue weighted by Gasteiger charge is 2.17. The fourth-order valence-electron chi connectivity index (χ4n) is 2.73. The van der Waals surface area contributed by atoms with Crippen LogP contribution in [-0.4, -0.2) is 52.8 Å². The van der Waals surface area contributed by atoms with Gasteiger partial charge in [-0.3, -0.25) is 4.99 Å². The minimum absolute atomic E-state index is 0.730. The third-order valence-corrected chi connectivity index (χ3v) is 5.24. The lowest BCUT2D eigenvalue weighted by atomic mass is 10.2. The van der Waals surface area contributed by atoms with Gasteiger partial charge in [0.05, 0.1) is 6.54 Å².